The van der Waals surface area contributed by atoms with E-state index in [-0.39, 0.29) is 11.5 Å². The summed E-state index contributed by atoms with van der Waals surface area (Å²) in [6.45, 7) is 0. The number of anilines is 1. The van der Waals surface area contributed by atoms with Gasteiger partial charge in [-0.2, -0.15) is 0 Å². The van der Waals surface area contributed by atoms with Crippen LogP contribution in [0.4, 0.5) is 5.69 Å². The van der Waals surface area contributed by atoms with E-state index in [0.717, 1.165) is 0 Å². The lowest BCUT2D eigenvalue weighted by molar-refractivity contribution is 0.0696. The third-order valence-corrected chi connectivity index (χ3v) is 3.36. The zero-order valence-electron chi connectivity index (χ0n) is 13.0. The first-order chi connectivity index (χ1) is 12.1. The van der Waals surface area contributed by atoms with Gasteiger partial charge < -0.3 is 14.8 Å². The fraction of sp³-hybridized carbons (Fsp3) is 0. The van der Waals surface area contributed by atoms with Crippen LogP contribution in [-0.2, 0) is 0 Å². The lowest BCUT2D eigenvalue weighted by Gasteiger charge is -2.03. The van der Waals surface area contributed by atoms with Gasteiger partial charge in [0.15, 0.2) is 0 Å². The van der Waals surface area contributed by atoms with E-state index in [1.165, 1.54) is 24.7 Å². The maximum absolute atomic E-state index is 12.0. The van der Waals surface area contributed by atoms with E-state index in [1.807, 2.05) is 6.07 Å². The smallest absolute Gasteiger partial charge is 0.335 e. The SMILES string of the molecule is O=C(O)c1cccc(C#Cc2cccc(NC(=O)c3ccoc3)c2)c1. The molecular formula is C20H13NO4. The molecule has 5 nitrogen and oxygen atoms in total. The van der Waals surface area contributed by atoms with Crippen LogP contribution < -0.4 is 5.32 Å². The zero-order chi connectivity index (χ0) is 17.6. The molecule has 0 saturated heterocycles. The second-order valence-corrected chi connectivity index (χ2v) is 5.18. The largest absolute Gasteiger partial charge is 0.478 e. The van der Waals surface area contributed by atoms with Gasteiger partial charge in [-0.05, 0) is 42.5 Å². The number of benzene rings is 2. The molecule has 0 saturated carbocycles. The van der Waals surface area contributed by atoms with Crippen LogP contribution in [0.25, 0.3) is 0 Å². The topological polar surface area (TPSA) is 79.5 Å². The standard InChI is InChI=1S/C20H13NO4/c22-19(17-9-10-25-13-17)21-18-6-2-4-15(12-18)8-7-14-3-1-5-16(11-14)20(23)24/h1-6,9-13H,(H,21,22)(H,23,24). The Bertz CT molecular complexity index is 978. The predicted octanol–water partition coefficient (Wildman–Crippen LogP) is 3.63. The third-order valence-electron chi connectivity index (χ3n) is 3.36. The summed E-state index contributed by atoms with van der Waals surface area (Å²) in [7, 11) is 0. The highest BCUT2D eigenvalue weighted by molar-refractivity contribution is 6.04. The van der Waals surface area contributed by atoms with Crippen LogP contribution in [0.15, 0.2) is 71.5 Å². The highest BCUT2D eigenvalue weighted by Crippen LogP contribution is 2.12. The fourth-order valence-electron chi connectivity index (χ4n) is 2.15. The van der Waals surface area contributed by atoms with Crippen LogP contribution in [0.3, 0.4) is 0 Å². The Labute approximate surface area is 143 Å². The van der Waals surface area contributed by atoms with Gasteiger partial charge in [0.1, 0.15) is 6.26 Å². The molecule has 5 heteroatoms. The number of nitrogens with one attached hydrogen (secondary N) is 1. The van der Waals surface area contributed by atoms with Crippen LogP contribution in [0, 0.1) is 11.8 Å². The van der Waals surface area contributed by atoms with Gasteiger partial charge in [-0.25, -0.2) is 4.79 Å². The molecule has 0 atom stereocenters. The Kier molecular flexibility index (Phi) is 4.63. The van der Waals surface area contributed by atoms with Crippen molar-refractivity contribution in [1.29, 1.82) is 0 Å². The number of hydrogen-bond acceptors (Lipinski definition) is 3. The van der Waals surface area contributed by atoms with E-state index in [9.17, 15) is 9.59 Å². The predicted molar refractivity (Wildman–Crippen MR) is 92.5 cm³/mol. The highest BCUT2D eigenvalue weighted by atomic mass is 16.4. The van der Waals surface area contributed by atoms with Crippen molar-refractivity contribution in [2.75, 3.05) is 5.32 Å². The molecule has 0 bridgehead atoms. The molecule has 0 spiro atoms. The van der Waals surface area contributed by atoms with Crippen LogP contribution in [0.1, 0.15) is 31.8 Å². The van der Waals surface area contributed by atoms with Crippen molar-refractivity contribution in [3.63, 3.8) is 0 Å². The van der Waals surface area contributed by atoms with Gasteiger partial charge >= 0.3 is 5.97 Å². The number of amides is 1. The Balaban J connectivity index is 1.78. The lowest BCUT2D eigenvalue weighted by atomic mass is 10.1. The van der Waals surface area contributed by atoms with E-state index in [2.05, 4.69) is 17.2 Å². The Hall–Kier alpha value is -3.78. The minimum Gasteiger partial charge on any atom is -0.478 e. The molecular weight excluding hydrogens is 318 g/mol. The number of carbonyl (C=O) groups excluding carboxylic acids is 1. The third kappa shape index (κ3) is 4.15. The van der Waals surface area contributed by atoms with Crippen molar-refractivity contribution in [3.8, 4) is 11.8 Å². The van der Waals surface area contributed by atoms with Gasteiger partial charge in [0.05, 0.1) is 17.4 Å². The molecule has 0 aliphatic rings. The molecule has 25 heavy (non-hydrogen) atoms. The number of furan rings is 1. The number of carbonyl (C=O) groups is 2. The summed E-state index contributed by atoms with van der Waals surface area (Å²) >= 11 is 0. The first kappa shape index (κ1) is 16.1. The average molecular weight is 331 g/mol. The van der Waals surface area contributed by atoms with Crippen molar-refractivity contribution < 1.29 is 19.1 Å². The number of hydrogen-bond donors (Lipinski definition) is 2. The van der Waals surface area contributed by atoms with Crippen molar-refractivity contribution >= 4 is 17.6 Å². The normalized spacial score (nSPS) is 9.76. The van der Waals surface area contributed by atoms with Crippen LogP contribution in [0.2, 0.25) is 0 Å². The van der Waals surface area contributed by atoms with Crippen molar-refractivity contribution in [3.05, 3.63) is 89.4 Å². The minimum absolute atomic E-state index is 0.188. The van der Waals surface area contributed by atoms with Gasteiger partial charge in [0.25, 0.3) is 5.91 Å². The summed E-state index contributed by atoms with van der Waals surface area (Å²) in [6, 6.07) is 15.1. The van der Waals surface area contributed by atoms with Crippen molar-refractivity contribution in [2.45, 2.75) is 0 Å². The quantitative estimate of drug-likeness (QED) is 0.718. The molecule has 1 amide bonds. The molecule has 3 rings (SSSR count). The molecule has 3 aromatic rings. The summed E-state index contributed by atoms with van der Waals surface area (Å²) in [5.41, 5.74) is 2.53. The number of aromatic carboxylic acids is 1. The molecule has 2 aromatic carbocycles. The van der Waals surface area contributed by atoms with Gasteiger partial charge in [0, 0.05) is 16.8 Å². The Morgan fingerprint density at radius 3 is 2.32 bits per heavy atom. The first-order valence-electron chi connectivity index (χ1n) is 7.41. The maximum Gasteiger partial charge on any atom is 0.335 e. The zero-order valence-corrected chi connectivity index (χ0v) is 13.0. The second-order valence-electron chi connectivity index (χ2n) is 5.18. The van der Waals surface area contributed by atoms with Crippen molar-refractivity contribution in [1.82, 2.24) is 0 Å². The fourth-order valence-corrected chi connectivity index (χ4v) is 2.15. The van der Waals surface area contributed by atoms with Gasteiger partial charge in [-0.15, -0.1) is 0 Å². The summed E-state index contributed by atoms with van der Waals surface area (Å²) in [5.74, 6) is 4.62. The second kappa shape index (κ2) is 7.20. The van der Waals surface area contributed by atoms with Crippen LogP contribution in [-0.4, -0.2) is 17.0 Å². The molecule has 0 radical (unpaired) electrons. The van der Waals surface area contributed by atoms with E-state index in [0.29, 0.717) is 22.4 Å². The van der Waals surface area contributed by atoms with E-state index >= 15 is 0 Å². The maximum atomic E-state index is 12.0. The van der Waals surface area contributed by atoms with Crippen LogP contribution >= 0.6 is 0 Å². The first-order valence-corrected chi connectivity index (χ1v) is 7.41. The molecule has 122 valence electrons. The minimum atomic E-state index is -0.993. The van der Waals surface area contributed by atoms with E-state index in [1.54, 1.807) is 36.4 Å². The summed E-state index contributed by atoms with van der Waals surface area (Å²) < 4.78 is 4.89. The lowest BCUT2D eigenvalue weighted by Crippen LogP contribution is -2.10. The average Bonchev–Trinajstić information content (AvgIpc) is 3.15. The monoisotopic (exact) mass is 331 g/mol. The molecule has 2 N–H and O–H groups in total. The summed E-state index contributed by atoms with van der Waals surface area (Å²) in [6.07, 6.45) is 2.80. The number of carboxylic acid groups (broad SMARTS) is 1. The summed E-state index contributed by atoms with van der Waals surface area (Å²) in [4.78, 5) is 23.0. The number of carboxylic acids is 1. The molecule has 0 aliphatic carbocycles. The molecule has 0 aliphatic heterocycles. The Morgan fingerprint density at radius 2 is 1.64 bits per heavy atom. The van der Waals surface area contributed by atoms with Gasteiger partial charge in [-0.3, -0.25) is 4.79 Å². The molecule has 1 aromatic heterocycles. The highest BCUT2D eigenvalue weighted by Gasteiger charge is 2.07. The molecule has 0 unspecified atom stereocenters. The van der Waals surface area contributed by atoms with Gasteiger partial charge in [-0.1, -0.05) is 24.0 Å². The van der Waals surface area contributed by atoms with Gasteiger partial charge in [0.2, 0.25) is 0 Å². The van der Waals surface area contributed by atoms with Crippen LogP contribution in [0.5, 0.6) is 0 Å². The molecule has 0 fully saturated rings. The molecule has 1 heterocycles. The van der Waals surface area contributed by atoms with E-state index < -0.39 is 5.97 Å². The van der Waals surface area contributed by atoms with E-state index in [4.69, 9.17) is 9.52 Å². The summed E-state index contributed by atoms with van der Waals surface area (Å²) in [5, 5.41) is 11.8. The Morgan fingerprint density at radius 1 is 0.920 bits per heavy atom. The number of rotatable bonds is 3. The van der Waals surface area contributed by atoms with Crippen molar-refractivity contribution in [2.24, 2.45) is 0 Å².